The molecule has 0 fully saturated rings. The molecular formula is C23H27NO6. The fraction of sp³-hybridized carbons (Fsp3) is 0.435. The molecule has 0 aromatic heterocycles. The molecule has 0 radical (unpaired) electrons. The number of Topliss-reactive ketones (excluding diaryl/α,β-unsaturated/α-hetero) is 1. The van der Waals surface area contributed by atoms with Gasteiger partial charge in [0.25, 0.3) is 0 Å². The molecule has 3 rings (SSSR count). The van der Waals surface area contributed by atoms with Gasteiger partial charge in [-0.1, -0.05) is 32.0 Å². The zero-order valence-electron chi connectivity index (χ0n) is 17.7. The van der Waals surface area contributed by atoms with E-state index in [2.05, 4.69) is 5.32 Å². The van der Waals surface area contributed by atoms with Gasteiger partial charge in [0.15, 0.2) is 12.4 Å². The quantitative estimate of drug-likeness (QED) is 0.690. The smallest absolute Gasteiger partial charge is 0.341 e. The number of carboxylic acid groups (broad SMARTS) is 1. The number of para-hydroxylation sites is 1. The van der Waals surface area contributed by atoms with Crippen LogP contribution in [0.3, 0.4) is 0 Å². The average molecular weight is 413 g/mol. The molecule has 1 heterocycles. The van der Waals surface area contributed by atoms with Crippen molar-refractivity contribution in [2.75, 3.05) is 13.2 Å². The van der Waals surface area contributed by atoms with Crippen LogP contribution in [0.15, 0.2) is 46.8 Å². The van der Waals surface area contributed by atoms with Crippen molar-refractivity contribution in [2.24, 2.45) is 5.41 Å². The molecule has 1 atom stereocenters. The lowest BCUT2D eigenvalue weighted by atomic mass is 9.68. The third-order valence-electron chi connectivity index (χ3n) is 5.32. The predicted octanol–water partition coefficient (Wildman–Crippen LogP) is 3.32. The first-order valence-corrected chi connectivity index (χ1v) is 9.99. The summed E-state index contributed by atoms with van der Waals surface area (Å²) in [5.74, 6) is -2.02. The predicted molar refractivity (Wildman–Crippen MR) is 110 cm³/mol. The third-order valence-corrected chi connectivity index (χ3v) is 5.32. The summed E-state index contributed by atoms with van der Waals surface area (Å²) in [6.45, 7) is 7.26. The maximum atomic E-state index is 13.2. The fourth-order valence-corrected chi connectivity index (χ4v) is 4.22. The van der Waals surface area contributed by atoms with E-state index in [1.807, 2.05) is 13.8 Å². The molecule has 2 aliphatic rings. The third kappa shape index (κ3) is 4.25. The van der Waals surface area contributed by atoms with Crippen LogP contribution < -0.4 is 10.1 Å². The number of carbonyl (C=O) groups excluding carboxylic acids is 2. The maximum Gasteiger partial charge on any atom is 0.341 e. The van der Waals surface area contributed by atoms with Gasteiger partial charge < -0.3 is 19.9 Å². The number of ketones is 1. The van der Waals surface area contributed by atoms with E-state index in [9.17, 15) is 14.4 Å². The number of carboxylic acids is 1. The summed E-state index contributed by atoms with van der Waals surface area (Å²) >= 11 is 0. The summed E-state index contributed by atoms with van der Waals surface area (Å²) in [6, 6.07) is 6.91. The van der Waals surface area contributed by atoms with E-state index in [0.717, 1.165) is 5.70 Å². The molecule has 160 valence electrons. The lowest BCUT2D eigenvalue weighted by molar-refractivity contribution is -0.140. The number of hydrogen-bond acceptors (Lipinski definition) is 6. The first-order chi connectivity index (χ1) is 14.1. The molecule has 0 amide bonds. The molecule has 0 bridgehead atoms. The molecule has 1 aliphatic heterocycles. The summed E-state index contributed by atoms with van der Waals surface area (Å²) in [6.07, 6.45) is 1.02. The number of nitrogens with one attached hydrogen (secondary N) is 1. The van der Waals surface area contributed by atoms with Crippen LogP contribution in [0, 0.1) is 5.41 Å². The lowest BCUT2D eigenvalue weighted by Gasteiger charge is -2.39. The number of esters is 1. The average Bonchev–Trinajstić information content (AvgIpc) is 2.64. The number of aliphatic carboxylic acids is 1. The first-order valence-electron chi connectivity index (χ1n) is 9.99. The van der Waals surface area contributed by atoms with Gasteiger partial charge in [0, 0.05) is 29.0 Å². The first kappa shape index (κ1) is 21.6. The van der Waals surface area contributed by atoms with Gasteiger partial charge in [-0.15, -0.1) is 0 Å². The van der Waals surface area contributed by atoms with Gasteiger partial charge in [-0.3, -0.25) is 4.79 Å². The summed E-state index contributed by atoms with van der Waals surface area (Å²) < 4.78 is 10.8. The molecule has 7 nitrogen and oxygen atoms in total. The second-order valence-electron chi connectivity index (χ2n) is 8.37. The number of allylic oxidation sites excluding steroid dienone is 3. The van der Waals surface area contributed by atoms with Crippen LogP contribution >= 0.6 is 0 Å². The molecule has 7 heteroatoms. The Morgan fingerprint density at radius 3 is 2.60 bits per heavy atom. The summed E-state index contributed by atoms with van der Waals surface area (Å²) in [7, 11) is 0. The number of hydrogen-bond donors (Lipinski definition) is 2. The van der Waals surface area contributed by atoms with Crippen LogP contribution in [0.25, 0.3) is 0 Å². The highest BCUT2D eigenvalue weighted by Gasteiger charge is 2.43. The fourth-order valence-electron chi connectivity index (χ4n) is 4.22. The Labute approximate surface area is 175 Å². The van der Waals surface area contributed by atoms with Gasteiger partial charge in [0.2, 0.25) is 0 Å². The van der Waals surface area contributed by atoms with Gasteiger partial charge in [-0.25, -0.2) is 9.59 Å². The van der Waals surface area contributed by atoms with Gasteiger partial charge in [0.05, 0.1) is 18.1 Å². The van der Waals surface area contributed by atoms with Crippen LogP contribution in [0.4, 0.5) is 0 Å². The highest BCUT2D eigenvalue weighted by atomic mass is 16.5. The van der Waals surface area contributed by atoms with Crippen molar-refractivity contribution in [2.45, 2.75) is 46.5 Å². The minimum Gasteiger partial charge on any atom is -0.482 e. The minimum absolute atomic E-state index is 0.0407. The number of carbonyl (C=O) groups is 3. The van der Waals surface area contributed by atoms with E-state index >= 15 is 0 Å². The standard InChI is InChI=1S/C23H27NO6/c1-5-29-22(28)19-13(2)24-15-10-23(3,4)11-16(25)21(15)20(19)14-8-6-7-9-17(14)30-12-18(26)27/h6-9,20,24H,5,10-12H2,1-4H3,(H,26,27)/t20-/m1/s1. The zero-order valence-corrected chi connectivity index (χ0v) is 17.7. The van der Waals surface area contributed by atoms with Crippen molar-refractivity contribution in [1.82, 2.24) is 5.32 Å². The van der Waals surface area contributed by atoms with Crippen molar-refractivity contribution in [1.29, 1.82) is 0 Å². The molecule has 2 N–H and O–H groups in total. The lowest BCUT2D eigenvalue weighted by Crippen LogP contribution is -2.38. The maximum absolute atomic E-state index is 13.2. The second kappa shape index (κ2) is 8.34. The molecule has 0 saturated heterocycles. The van der Waals surface area contributed by atoms with Crippen LogP contribution in [-0.2, 0) is 19.1 Å². The molecule has 30 heavy (non-hydrogen) atoms. The zero-order chi connectivity index (χ0) is 22.1. The van der Waals surface area contributed by atoms with Gasteiger partial charge in [-0.05, 0) is 31.7 Å². The number of ether oxygens (including phenoxy) is 2. The van der Waals surface area contributed by atoms with Crippen molar-refractivity contribution in [3.8, 4) is 5.75 Å². The van der Waals surface area contributed by atoms with E-state index in [0.29, 0.717) is 41.0 Å². The van der Waals surface area contributed by atoms with Gasteiger partial charge in [-0.2, -0.15) is 0 Å². The van der Waals surface area contributed by atoms with E-state index in [-0.39, 0.29) is 17.8 Å². The van der Waals surface area contributed by atoms with Crippen LogP contribution in [-0.4, -0.2) is 36.0 Å². The molecule has 1 aromatic rings. The highest BCUT2D eigenvalue weighted by molar-refractivity contribution is 6.04. The Hall–Kier alpha value is -3.09. The highest BCUT2D eigenvalue weighted by Crippen LogP contribution is 2.48. The van der Waals surface area contributed by atoms with Crippen LogP contribution in [0.2, 0.25) is 0 Å². The summed E-state index contributed by atoms with van der Waals surface area (Å²) in [5.41, 5.74) is 2.65. The van der Waals surface area contributed by atoms with Gasteiger partial charge >= 0.3 is 11.9 Å². The Kier molecular flexibility index (Phi) is 6.01. The molecule has 1 aliphatic carbocycles. The van der Waals surface area contributed by atoms with E-state index < -0.39 is 24.5 Å². The van der Waals surface area contributed by atoms with Crippen LogP contribution in [0.1, 0.15) is 52.0 Å². The molecular weight excluding hydrogens is 386 g/mol. The topological polar surface area (TPSA) is 102 Å². The number of benzene rings is 1. The Balaban J connectivity index is 2.18. The Morgan fingerprint density at radius 2 is 1.93 bits per heavy atom. The minimum atomic E-state index is -1.11. The summed E-state index contributed by atoms with van der Waals surface area (Å²) in [5, 5.41) is 12.3. The normalized spacial score (nSPS) is 20.4. The number of rotatable bonds is 6. The van der Waals surface area contributed by atoms with Crippen molar-refractivity contribution in [3.63, 3.8) is 0 Å². The second-order valence-corrected chi connectivity index (χ2v) is 8.37. The SMILES string of the molecule is CCOC(=O)C1=C(C)NC2=C(C(=O)CC(C)(C)C2)[C@@H]1c1ccccc1OCC(=O)O. The molecule has 0 unspecified atom stereocenters. The van der Waals surface area contributed by atoms with Crippen molar-refractivity contribution < 1.29 is 29.0 Å². The van der Waals surface area contributed by atoms with Crippen LogP contribution in [0.5, 0.6) is 5.75 Å². The monoisotopic (exact) mass is 413 g/mol. The molecule has 0 spiro atoms. The van der Waals surface area contributed by atoms with Crippen molar-refractivity contribution in [3.05, 3.63) is 52.4 Å². The van der Waals surface area contributed by atoms with E-state index in [1.54, 1.807) is 38.1 Å². The van der Waals surface area contributed by atoms with E-state index in [1.165, 1.54) is 0 Å². The molecule has 1 aromatic carbocycles. The largest absolute Gasteiger partial charge is 0.482 e. The number of dihydropyridines is 1. The van der Waals surface area contributed by atoms with Crippen molar-refractivity contribution >= 4 is 17.7 Å². The Bertz CT molecular complexity index is 956. The van der Waals surface area contributed by atoms with Gasteiger partial charge in [0.1, 0.15) is 5.75 Å². The van der Waals surface area contributed by atoms with E-state index in [4.69, 9.17) is 14.6 Å². The summed E-state index contributed by atoms with van der Waals surface area (Å²) in [4.78, 5) is 37.2. The Morgan fingerprint density at radius 1 is 1.23 bits per heavy atom. The molecule has 0 saturated carbocycles.